The Morgan fingerprint density at radius 3 is 2.53 bits per heavy atom. The zero-order valence-corrected chi connectivity index (χ0v) is 9.64. The maximum atomic E-state index is 12.5. The fourth-order valence-corrected chi connectivity index (χ4v) is 1.23. The molecule has 9 heteroatoms. The quantitative estimate of drug-likeness (QED) is 0.677. The molecule has 0 aromatic carbocycles. The van der Waals surface area contributed by atoms with E-state index in [0.29, 0.717) is 6.07 Å². The molecule has 1 aromatic heterocycles. The summed E-state index contributed by atoms with van der Waals surface area (Å²) in [5.41, 5.74) is -2.60. The van der Waals surface area contributed by atoms with Crippen LogP contribution in [0.5, 0.6) is 5.75 Å². The fraction of sp³-hybridized carbons (Fsp3) is 0.400. The van der Waals surface area contributed by atoms with E-state index < -0.39 is 41.6 Å². The van der Waals surface area contributed by atoms with Crippen LogP contribution in [0.25, 0.3) is 0 Å². The topological polar surface area (TPSA) is 68.4 Å². The molecule has 0 bridgehead atoms. The summed E-state index contributed by atoms with van der Waals surface area (Å²) in [5, 5.41) is 0. The van der Waals surface area contributed by atoms with Gasteiger partial charge in [-0.3, -0.25) is 4.79 Å². The highest BCUT2D eigenvalue weighted by molar-refractivity contribution is 5.87. The number of nitrogens with one attached hydrogen (secondary N) is 1. The van der Waals surface area contributed by atoms with Gasteiger partial charge in [0.25, 0.3) is 5.56 Å². The van der Waals surface area contributed by atoms with Crippen LogP contribution in [0.1, 0.15) is 23.0 Å². The smallest absolute Gasteiger partial charge is 0.461 e. The molecule has 106 valence electrons. The van der Waals surface area contributed by atoms with E-state index in [1.54, 1.807) is 0 Å². The molecule has 0 atom stereocenters. The van der Waals surface area contributed by atoms with Crippen LogP contribution in [0.4, 0.5) is 17.6 Å². The number of H-pyrrole nitrogens is 1. The molecule has 0 fully saturated rings. The summed E-state index contributed by atoms with van der Waals surface area (Å²) in [7, 11) is 0. The van der Waals surface area contributed by atoms with E-state index in [1.165, 1.54) is 6.92 Å². The minimum absolute atomic E-state index is 0.0405. The zero-order valence-electron chi connectivity index (χ0n) is 9.64. The monoisotopic (exact) mass is 283 g/mol. The molecule has 0 spiro atoms. The van der Waals surface area contributed by atoms with E-state index in [0.717, 1.165) is 0 Å². The van der Waals surface area contributed by atoms with E-state index in [9.17, 15) is 27.2 Å². The van der Waals surface area contributed by atoms with Crippen molar-refractivity contribution in [1.82, 2.24) is 4.98 Å². The molecule has 0 unspecified atom stereocenters. The van der Waals surface area contributed by atoms with Gasteiger partial charge in [-0.2, -0.15) is 0 Å². The maximum absolute atomic E-state index is 12.5. The third-order valence-electron chi connectivity index (χ3n) is 1.95. The number of rotatable bonds is 4. The normalized spacial score (nSPS) is 11.2. The first kappa shape index (κ1) is 15.0. The van der Waals surface area contributed by atoms with Crippen molar-refractivity contribution in [3.63, 3.8) is 0 Å². The minimum atomic E-state index is -5.11. The molecule has 0 aliphatic heterocycles. The van der Waals surface area contributed by atoms with Crippen molar-refractivity contribution in [3.8, 4) is 5.75 Å². The largest absolute Gasteiger partial charge is 0.573 e. The molecule has 0 saturated carbocycles. The van der Waals surface area contributed by atoms with E-state index in [4.69, 9.17) is 0 Å². The summed E-state index contributed by atoms with van der Waals surface area (Å²) < 4.78 is 56.8. The van der Waals surface area contributed by atoms with Gasteiger partial charge in [0.05, 0.1) is 12.2 Å². The Labute approximate surface area is 104 Å². The molecular formula is C10H9F4NO4. The number of hydrogen-bond acceptors (Lipinski definition) is 4. The van der Waals surface area contributed by atoms with E-state index in [1.807, 2.05) is 4.98 Å². The van der Waals surface area contributed by atoms with Crippen LogP contribution in [0, 0.1) is 0 Å². The molecular weight excluding hydrogens is 274 g/mol. The van der Waals surface area contributed by atoms with Crippen molar-refractivity contribution in [2.45, 2.75) is 20.0 Å². The number of carbonyl (C=O) groups is 1. The highest BCUT2D eigenvalue weighted by atomic mass is 19.4. The predicted octanol–water partition coefficient (Wildman–Crippen LogP) is 1.92. The lowest BCUT2D eigenvalue weighted by Gasteiger charge is -2.12. The van der Waals surface area contributed by atoms with Crippen LogP contribution in [0.3, 0.4) is 0 Å². The number of aromatic nitrogens is 1. The number of alkyl halides is 4. The van der Waals surface area contributed by atoms with Gasteiger partial charge in [-0.15, -0.1) is 13.2 Å². The van der Waals surface area contributed by atoms with Gasteiger partial charge in [0.1, 0.15) is 18.1 Å². The summed E-state index contributed by atoms with van der Waals surface area (Å²) in [6, 6.07) is 0.571. The number of aromatic amines is 1. The van der Waals surface area contributed by atoms with Crippen molar-refractivity contribution >= 4 is 5.97 Å². The standard InChI is InChI=1S/C10H9F4NO4/c1-2-18-9(17)6-3-7(19-10(12,13)14)5(4-11)8(16)15-6/h3H,2,4H2,1H3,(H,15,16). The van der Waals surface area contributed by atoms with Gasteiger partial charge in [0, 0.05) is 6.07 Å². The molecule has 1 N–H and O–H groups in total. The Morgan fingerprint density at radius 2 is 2.05 bits per heavy atom. The highest BCUT2D eigenvalue weighted by Crippen LogP contribution is 2.25. The summed E-state index contributed by atoms with van der Waals surface area (Å²) in [6.07, 6.45) is -5.11. The summed E-state index contributed by atoms with van der Waals surface area (Å²) in [5.74, 6) is -2.11. The Balaban J connectivity index is 3.26. The number of halogens is 4. The average Bonchev–Trinajstić information content (AvgIpc) is 2.26. The molecule has 5 nitrogen and oxygen atoms in total. The van der Waals surface area contributed by atoms with E-state index in [-0.39, 0.29) is 6.61 Å². The molecule has 0 aliphatic carbocycles. The van der Waals surface area contributed by atoms with Gasteiger partial charge in [-0.25, -0.2) is 9.18 Å². The first-order valence-corrected chi connectivity index (χ1v) is 5.03. The van der Waals surface area contributed by atoms with Crippen LogP contribution >= 0.6 is 0 Å². The van der Waals surface area contributed by atoms with Crippen molar-refractivity contribution in [1.29, 1.82) is 0 Å². The highest BCUT2D eigenvalue weighted by Gasteiger charge is 2.33. The van der Waals surface area contributed by atoms with Crippen molar-refractivity contribution < 1.29 is 31.8 Å². The molecule has 0 amide bonds. The number of carbonyl (C=O) groups excluding carboxylic acids is 1. The summed E-state index contributed by atoms with van der Waals surface area (Å²) in [6.45, 7) is -0.0376. The van der Waals surface area contributed by atoms with Gasteiger partial charge < -0.3 is 14.5 Å². The average molecular weight is 283 g/mol. The first-order chi connectivity index (χ1) is 8.78. The van der Waals surface area contributed by atoms with Crippen LogP contribution in [-0.2, 0) is 11.4 Å². The second-order valence-corrected chi connectivity index (χ2v) is 3.26. The van der Waals surface area contributed by atoms with Gasteiger partial charge in [0.2, 0.25) is 0 Å². The van der Waals surface area contributed by atoms with Gasteiger partial charge in [0.15, 0.2) is 0 Å². The summed E-state index contributed by atoms with van der Waals surface area (Å²) >= 11 is 0. The number of pyridine rings is 1. The molecule has 19 heavy (non-hydrogen) atoms. The molecule has 1 heterocycles. The second kappa shape index (κ2) is 5.72. The third-order valence-corrected chi connectivity index (χ3v) is 1.95. The van der Waals surface area contributed by atoms with Gasteiger partial charge >= 0.3 is 12.3 Å². The Kier molecular flexibility index (Phi) is 4.52. The van der Waals surface area contributed by atoms with Gasteiger partial charge in [-0.1, -0.05) is 0 Å². The fourth-order valence-electron chi connectivity index (χ4n) is 1.23. The van der Waals surface area contributed by atoms with E-state index >= 15 is 0 Å². The van der Waals surface area contributed by atoms with Gasteiger partial charge in [-0.05, 0) is 6.92 Å². The SMILES string of the molecule is CCOC(=O)c1cc(OC(F)(F)F)c(CF)c(=O)[nH]1. The van der Waals surface area contributed by atoms with Crippen LogP contribution in [-0.4, -0.2) is 23.9 Å². The zero-order chi connectivity index (χ0) is 14.6. The van der Waals surface area contributed by atoms with Crippen LogP contribution < -0.4 is 10.3 Å². The molecule has 1 rings (SSSR count). The Bertz CT molecular complexity index is 523. The Hall–Kier alpha value is -2.06. The van der Waals surface area contributed by atoms with Crippen molar-refractivity contribution in [3.05, 3.63) is 27.7 Å². The molecule has 0 radical (unpaired) electrons. The third kappa shape index (κ3) is 3.97. The lowest BCUT2D eigenvalue weighted by atomic mass is 10.2. The van der Waals surface area contributed by atoms with Crippen molar-refractivity contribution in [2.75, 3.05) is 6.61 Å². The van der Waals surface area contributed by atoms with Crippen molar-refractivity contribution in [2.24, 2.45) is 0 Å². The molecule has 1 aromatic rings. The maximum Gasteiger partial charge on any atom is 0.573 e. The molecule has 0 aliphatic rings. The second-order valence-electron chi connectivity index (χ2n) is 3.26. The van der Waals surface area contributed by atoms with Crippen LogP contribution in [0.2, 0.25) is 0 Å². The number of ether oxygens (including phenoxy) is 2. The number of esters is 1. The first-order valence-electron chi connectivity index (χ1n) is 5.03. The predicted molar refractivity (Wildman–Crippen MR) is 54.5 cm³/mol. The Morgan fingerprint density at radius 1 is 1.42 bits per heavy atom. The lowest BCUT2D eigenvalue weighted by molar-refractivity contribution is -0.275. The van der Waals surface area contributed by atoms with Crippen LogP contribution in [0.15, 0.2) is 10.9 Å². The summed E-state index contributed by atoms with van der Waals surface area (Å²) in [4.78, 5) is 24.5. The number of hydrogen-bond donors (Lipinski definition) is 1. The van der Waals surface area contributed by atoms with E-state index in [2.05, 4.69) is 9.47 Å². The minimum Gasteiger partial charge on any atom is -0.461 e. The lowest BCUT2D eigenvalue weighted by Crippen LogP contribution is -2.24. The molecule has 0 saturated heterocycles.